The molecule has 1 N–H and O–H groups in total. The number of amides is 2. The van der Waals surface area contributed by atoms with Gasteiger partial charge in [0.15, 0.2) is 0 Å². The lowest BCUT2D eigenvalue weighted by atomic mass is 9.79. The van der Waals surface area contributed by atoms with Gasteiger partial charge in [-0.3, -0.25) is 9.59 Å². The minimum absolute atomic E-state index is 0.000722. The molecule has 0 aromatic heterocycles. The number of carbonyl (C=O) groups excluding carboxylic acids is 2. The van der Waals surface area contributed by atoms with E-state index >= 15 is 0 Å². The molecule has 0 spiro atoms. The molecule has 0 bridgehead atoms. The lowest BCUT2D eigenvalue weighted by Crippen LogP contribution is -2.63. The Hall–Kier alpha value is -1.06. The van der Waals surface area contributed by atoms with Crippen LogP contribution in [-0.2, 0) is 9.59 Å². The van der Waals surface area contributed by atoms with Gasteiger partial charge in [-0.15, -0.1) is 0 Å². The van der Waals surface area contributed by atoms with E-state index in [1.807, 2.05) is 11.8 Å². The Kier molecular flexibility index (Phi) is 4.71. The molecule has 1 saturated heterocycles. The summed E-state index contributed by atoms with van der Waals surface area (Å²) >= 11 is 0. The van der Waals surface area contributed by atoms with Gasteiger partial charge in [0.05, 0.1) is 6.54 Å². The Labute approximate surface area is 122 Å². The molecule has 2 aliphatic rings. The molecule has 4 heteroatoms. The van der Waals surface area contributed by atoms with Crippen LogP contribution >= 0.6 is 0 Å². The minimum atomic E-state index is -0.325. The lowest BCUT2D eigenvalue weighted by molar-refractivity contribution is -0.149. The third-order valence-electron chi connectivity index (χ3n) is 4.99. The second-order valence-corrected chi connectivity index (χ2v) is 6.97. The van der Waals surface area contributed by atoms with Crippen molar-refractivity contribution in [2.45, 2.75) is 65.5 Å². The summed E-state index contributed by atoms with van der Waals surface area (Å²) < 4.78 is 0. The van der Waals surface area contributed by atoms with Crippen molar-refractivity contribution >= 4 is 11.8 Å². The van der Waals surface area contributed by atoms with Gasteiger partial charge >= 0.3 is 0 Å². The Morgan fingerprint density at radius 1 is 1.20 bits per heavy atom. The molecule has 1 saturated carbocycles. The van der Waals surface area contributed by atoms with Gasteiger partial charge in [-0.1, -0.05) is 34.1 Å². The first-order chi connectivity index (χ1) is 9.42. The predicted octanol–water partition coefficient (Wildman–Crippen LogP) is 2.18. The molecule has 1 heterocycles. The summed E-state index contributed by atoms with van der Waals surface area (Å²) in [6.07, 6.45) is 4.22. The topological polar surface area (TPSA) is 49.4 Å². The smallest absolute Gasteiger partial charge is 0.246 e. The second-order valence-electron chi connectivity index (χ2n) is 6.97. The highest BCUT2D eigenvalue weighted by atomic mass is 16.2. The van der Waals surface area contributed by atoms with Gasteiger partial charge in [0.1, 0.15) is 6.04 Å². The zero-order valence-corrected chi connectivity index (χ0v) is 13.2. The van der Waals surface area contributed by atoms with Crippen LogP contribution in [0.3, 0.4) is 0 Å². The minimum Gasteiger partial charge on any atom is -0.342 e. The van der Waals surface area contributed by atoms with Gasteiger partial charge in [-0.2, -0.15) is 0 Å². The first-order valence-electron chi connectivity index (χ1n) is 8.02. The monoisotopic (exact) mass is 280 g/mol. The molecule has 1 aliphatic carbocycles. The van der Waals surface area contributed by atoms with Crippen molar-refractivity contribution in [2.24, 2.45) is 17.8 Å². The maximum atomic E-state index is 12.7. The van der Waals surface area contributed by atoms with E-state index in [1.54, 1.807) is 0 Å². The normalized spacial score (nSPS) is 36.7. The first-order valence-corrected chi connectivity index (χ1v) is 8.02. The number of carbonyl (C=O) groups is 2. The van der Waals surface area contributed by atoms with Crippen molar-refractivity contribution in [1.82, 2.24) is 10.2 Å². The van der Waals surface area contributed by atoms with Crippen LogP contribution in [0.4, 0.5) is 0 Å². The van der Waals surface area contributed by atoms with Gasteiger partial charge in [0.2, 0.25) is 11.8 Å². The van der Waals surface area contributed by atoms with Gasteiger partial charge in [-0.25, -0.2) is 0 Å². The molecule has 4 unspecified atom stereocenters. The van der Waals surface area contributed by atoms with Crippen molar-refractivity contribution < 1.29 is 9.59 Å². The molecule has 2 rings (SSSR count). The van der Waals surface area contributed by atoms with Crippen LogP contribution in [0.15, 0.2) is 0 Å². The Balaban J connectivity index is 2.13. The van der Waals surface area contributed by atoms with E-state index in [1.165, 1.54) is 6.42 Å². The summed E-state index contributed by atoms with van der Waals surface area (Å²) in [5.74, 6) is 1.62. The summed E-state index contributed by atoms with van der Waals surface area (Å²) in [6.45, 7) is 8.86. The van der Waals surface area contributed by atoms with E-state index in [0.717, 1.165) is 19.3 Å². The quantitative estimate of drug-likeness (QED) is 0.861. The maximum absolute atomic E-state index is 12.7. The predicted molar refractivity (Wildman–Crippen MR) is 79.1 cm³/mol. The summed E-state index contributed by atoms with van der Waals surface area (Å²) in [4.78, 5) is 26.5. The number of rotatable bonds is 3. The zero-order valence-electron chi connectivity index (χ0n) is 13.2. The van der Waals surface area contributed by atoms with Gasteiger partial charge in [-0.05, 0) is 37.0 Å². The summed E-state index contributed by atoms with van der Waals surface area (Å²) in [7, 11) is 0. The average molecular weight is 280 g/mol. The van der Waals surface area contributed by atoms with Gasteiger partial charge in [0, 0.05) is 6.04 Å². The van der Waals surface area contributed by atoms with Crippen molar-refractivity contribution in [3.05, 3.63) is 0 Å². The number of piperazine rings is 1. The highest BCUT2D eigenvalue weighted by molar-refractivity contribution is 5.95. The van der Waals surface area contributed by atoms with Gasteiger partial charge in [0.25, 0.3) is 0 Å². The molecule has 4 atom stereocenters. The Morgan fingerprint density at radius 2 is 1.80 bits per heavy atom. The zero-order chi connectivity index (χ0) is 14.9. The van der Waals surface area contributed by atoms with E-state index in [4.69, 9.17) is 0 Å². The van der Waals surface area contributed by atoms with E-state index in [2.05, 4.69) is 26.1 Å². The molecule has 2 amide bonds. The highest BCUT2D eigenvalue weighted by Gasteiger charge is 2.40. The van der Waals surface area contributed by atoms with Crippen LogP contribution < -0.4 is 5.32 Å². The summed E-state index contributed by atoms with van der Waals surface area (Å²) in [5.41, 5.74) is 0. The average Bonchev–Trinajstić information content (AvgIpc) is 2.39. The molecule has 114 valence electrons. The fourth-order valence-electron chi connectivity index (χ4n) is 3.78. The molecular formula is C16H28N2O2. The first kappa shape index (κ1) is 15.3. The van der Waals surface area contributed by atoms with Crippen LogP contribution in [-0.4, -0.2) is 35.3 Å². The van der Waals surface area contributed by atoms with Crippen LogP contribution in [0.5, 0.6) is 0 Å². The molecule has 0 radical (unpaired) electrons. The lowest BCUT2D eigenvalue weighted by Gasteiger charge is -2.43. The van der Waals surface area contributed by atoms with E-state index in [0.29, 0.717) is 11.8 Å². The van der Waals surface area contributed by atoms with Crippen molar-refractivity contribution in [3.63, 3.8) is 0 Å². The van der Waals surface area contributed by atoms with Crippen LogP contribution in [0.25, 0.3) is 0 Å². The van der Waals surface area contributed by atoms with Crippen molar-refractivity contribution in [1.29, 1.82) is 0 Å². The van der Waals surface area contributed by atoms with Crippen LogP contribution in [0, 0.1) is 17.8 Å². The fraction of sp³-hybridized carbons (Fsp3) is 0.875. The fourth-order valence-corrected chi connectivity index (χ4v) is 3.78. The van der Waals surface area contributed by atoms with E-state index in [9.17, 15) is 9.59 Å². The molecule has 0 aromatic rings. The highest BCUT2D eigenvalue weighted by Crippen LogP contribution is 2.32. The number of hydrogen-bond donors (Lipinski definition) is 1. The number of nitrogens with zero attached hydrogens (tertiary/aromatic N) is 1. The van der Waals surface area contributed by atoms with E-state index in [-0.39, 0.29) is 36.4 Å². The second kappa shape index (κ2) is 6.15. The number of hydrogen-bond acceptors (Lipinski definition) is 2. The largest absolute Gasteiger partial charge is 0.342 e. The standard InChI is InChI=1S/C16H28N2O2/c1-5-12(4)15-16(20)18(9-14(19)17-15)13-7-10(2)6-11(3)8-13/h10-13,15H,5-9H2,1-4H3,(H,17,19). The molecular weight excluding hydrogens is 252 g/mol. The number of nitrogens with one attached hydrogen (secondary N) is 1. The molecule has 1 aliphatic heterocycles. The van der Waals surface area contributed by atoms with Crippen molar-refractivity contribution in [2.75, 3.05) is 6.54 Å². The molecule has 2 fully saturated rings. The Morgan fingerprint density at radius 3 is 2.35 bits per heavy atom. The van der Waals surface area contributed by atoms with Crippen molar-refractivity contribution in [3.8, 4) is 0 Å². The third-order valence-corrected chi connectivity index (χ3v) is 4.99. The Bertz CT molecular complexity index is 373. The molecule has 20 heavy (non-hydrogen) atoms. The summed E-state index contributed by atoms with van der Waals surface area (Å²) in [6, 6.07) is -0.0763. The van der Waals surface area contributed by atoms with Crippen LogP contribution in [0.2, 0.25) is 0 Å². The summed E-state index contributed by atoms with van der Waals surface area (Å²) in [5, 5.41) is 2.88. The SMILES string of the molecule is CCC(C)C1NC(=O)CN(C2CC(C)CC(C)C2)C1=O. The third kappa shape index (κ3) is 3.15. The van der Waals surface area contributed by atoms with E-state index < -0.39 is 0 Å². The van der Waals surface area contributed by atoms with Gasteiger partial charge < -0.3 is 10.2 Å². The maximum Gasteiger partial charge on any atom is 0.246 e. The molecule has 0 aromatic carbocycles. The molecule has 4 nitrogen and oxygen atoms in total. The van der Waals surface area contributed by atoms with Crippen LogP contribution in [0.1, 0.15) is 53.4 Å².